The van der Waals surface area contributed by atoms with Crippen LogP contribution in [0.4, 0.5) is 4.39 Å². The van der Waals surface area contributed by atoms with Gasteiger partial charge in [-0.3, -0.25) is 4.79 Å². The molecule has 4 nitrogen and oxygen atoms in total. The molecule has 3 aromatic rings. The summed E-state index contributed by atoms with van der Waals surface area (Å²) >= 11 is 0. The molecule has 19 heavy (non-hydrogen) atoms. The summed E-state index contributed by atoms with van der Waals surface area (Å²) in [5.41, 5.74) is 1.48. The Balaban J connectivity index is 1.89. The minimum Gasteiger partial charge on any atom is -0.292 e. The molecule has 2 aromatic carbocycles. The highest BCUT2D eigenvalue weighted by Crippen LogP contribution is 2.10. The van der Waals surface area contributed by atoms with Gasteiger partial charge >= 0.3 is 0 Å². The van der Waals surface area contributed by atoms with Crippen LogP contribution in [0.5, 0.6) is 0 Å². The molecule has 0 saturated carbocycles. The molecule has 0 unspecified atom stereocenters. The fourth-order valence-corrected chi connectivity index (χ4v) is 1.88. The minimum absolute atomic E-state index is 0.0591. The van der Waals surface area contributed by atoms with Crippen molar-refractivity contribution in [1.29, 1.82) is 0 Å². The van der Waals surface area contributed by atoms with E-state index in [0.717, 1.165) is 0 Å². The standard InChI is InChI=1S/C14H10FN3O/c15-11-6-2-1-5-10(11)14(19)9-18-16-12-7-3-4-8-13(12)17-18/h1-8H,9H2. The quantitative estimate of drug-likeness (QED) is 0.675. The molecule has 0 fully saturated rings. The highest BCUT2D eigenvalue weighted by molar-refractivity contribution is 5.96. The highest BCUT2D eigenvalue weighted by atomic mass is 19.1. The van der Waals surface area contributed by atoms with Crippen molar-refractivity contribution >= 4 is 16.8 Å². The van der Waals surface area contributed by atoms with Gasteiger partial charge < -0.3 is 0 Å². The van der Waals surface area contributed by atoms with Crippen molar-refractivity contribution in [3.05, 3.63) is 59.9 Å². The highest BCUT2D eigenvalue weighted by Gasteiger charge is 2.13. The van der Waals surface area contributed by atoms with Crippen LogP contribution >= 0.6 is 0 Å². The number of hydrogen-bond acceptors (Lipinski definition) is 3. The molecule has 3 rings (SSSR count). The molecule has 0 spiro atoms. The zero-order valence-corrected chi connectivity index (χ0v) is 9.95. The zero-order chi connectivity index (χ0) is 13.2. The number of Topliss-reactive ketones (excluding diaryl/α,β-unsaturated/α-hetero) is 1. The van der Waals surface area contributed by atoms with Crippen molar-refractivity contribution in [1.82, 2.24) is 15.0 Å². The predicted molar refractivity (Wildman–Crippen MR) is 68.3 cm³/mol. The second kappa shape index (κ2) is 4.61. The maximum atomic E-state index is 13.5. The van der Waals surface area contributed by atoms with Gasteiger partial charge in [0, 0.05) is 0 Å². The molecular formula is C14H10FN3O. The van der Waals surface area contributed by atoms with Gasteiger partial charge in [0.2, 0.25) is 0 Å². The molecule has 0 N–H and O–H groups in total. The average molecular weight is 255 g/mol. The maximum Gasteiger partial charge on any atom is 0.189 e. The van der Waals surface area contributed by atoms with Crippen LogP contribution in [-0.4, -0.2) is 20.8 Å². The second-order valence-corrected chi connectivity index (χ2v) is 4.12. The third kappa shape index (κ3) is 2.22. The lowest BCUT2D eigenvalue weighted by Crippen LogP contribution is -2.14. The Bertz CT molecular complexity index is 718. The molecule has 94 valence electrons. The molecule has 0 amide bonds. The molecule has 0 aliphatic carbocycles. The van der Waals surface area contributed by atoms with E-state index in [1.165, 1.54) is 16.9 Å². The van der Waals surface area contributed by atoms with Crippen LogP contribution in [-0.2, 0) is 6.54 Å². The molecule has 0 radical (unpaired) electrons. The molecule has 5 heteroatoms. The van der Waals surface area contributed by atoms with E-state index in [9.17, 15) is 9.18 Å². The summed E-state index contributed by atoms with van der Waals surface area (Å²) in [5.74, 6) is -0.873. The summed E-state index contributed by atoms with van der Waals surface area (Å²) in [6.45, 7) is -0.0738. The Morgan fingerprint density at radius 2 is 1.58 bits per heavy atom. The number of hydrogen-bond donors (Lipinski definition) is 0. The molecule has 1 aromatic heterocycles. The van der Waals surface area contributed by atoms with Crippen molar-refractivity contribution in [2.75, 3.05) is 0 Å². The van der Waals surface area contributed by atoms with E-state index in [1.807, 2.05) is 24.3 Å². The van der Waals surface area contributed by atoms with E-state index in [1.54, 1.807) is 12.1 Å². The molecular weight excluding hydrogens is 245 g/mol. The predicted octanol–water partition coefficient (Wildman–Crippen LogP) is 2.45. The van der Waals surface area contributed by atoms with E-state index in [0.29, 0.717) is 11.0 Å². The van der Waals surface area contributed by atoms with E-state index in [-0.39, 0.29) is 17.9 Å². The number of halogens is 1. The molecule has 0 aliphatic heterocycles. The first-order valence-corrected chi connectivity index (χ1v) is 5.81. The molecule has 1 heterocycles. The van der Waals surface area contributed by atoms with Crippen LogP contribution in [0.15, 0.2) is 48.5 Å². The van der Waals surface area contributed by atoms with Gasteiger partial charge in [0.1, 0.15) is 23.4 Å². The van der Waals surface area contributed by atoms with E-state index < -0.39 is 5.82 Å². The van der Waals surface area contributed by atoms with Crippen molar-refractivity contribution in [2.45, 2.75) is 6.54 Å². The Kier molecular flexibility index (Phi) is 2.79. The topological polar surface area (TPSA) is 47.8 Å². The van der Waals surface area contributed by atoms with Crippen LogP contribution in [0.2, 0.25) is 0 Å². The molecule has 0 bridgehead atoms. The molecule has 0 atom stereocenters. The van der Waals surface area contributed by atoms with Crippen molar-refractivity contribution < 1.29 is 9.18 Å². The maximum absolute atomic E-state index is 13.5. The Morgan fingerprint density at radius 3 is 2.21 bits per heavy atom. The van der Waals surface area contributed by atoms with Gasteiger partial charge in [0.05, 0.1) is 5.56 Å². The van der Waals surface area contributed by atoms with Crippen molar-refractivity contribution in [2.24, 2.45) is 0 Å². The third-order valence-electron chi connectivity index (χ3n) is 2.79. The summed E-state index contributed by atoms with van der Waals surface area (Å²) in [6, 6.07) is 13.2. The third-order valence-corrected chi connectivity index (χ3v) is 2.79. The monoisotopic (exact) mass is 255 g/mol. The van der Waals surface area contributed by atoms with Gasteiger partial charge in [-0.25, -0.2) is 4.39 Å². The van der Waals surface area contributed by atoms with Crippen LogP contribution in [0, 0.1) is 5.82 Å². The SMILES string of the molecule is O=C(Cn1nc2ccccc2n1)c1ccccc1F. The smallest absolute Gasteiger partial charge is 0.189 e. The number of ketones is 1. The van der Waals surface area contributed by atoms with E-state index in [2.05, 4.69) is 10.2 Å². The largest absolute Gasteiger partial charge is 0.292 e. The second-order valence-electron chi connectivity index (χ2n) is 4.12. The number of nitrogens with zero attached hydrogens (tertiary/aromatic N) is 3. The minimum atomic E-state index is -0.524. The fraction of sp³-hybridized carbons (Fsp3) is 0.0714. The Hall–Kier alpha value is -2.56. The van der Waals surface area contributed by atoms with Gasteiger partial charge in [-0.1, -0.05) is 24.3 Å². The number of carbonyl (C=O) groups is 1. The normalized spacial score (nSPS) is 10.8. The number of aromatic nitrogens is 3. The summed E-state index contributed by atoms with van der Waals surface area (Å²) in [6.07, 6.45) is 0. The van der Waals surface area contributed by atoms with Crippen molar-refractivity contribution in [3.63, 3.8) is 0 Å². The zero-order valence-electron chi connectivity index (χ0n) is 9.95. The van der Waals surface area contributed by atoms with Crippen LogP contribution in [0.1, 0.15) is 10.4 Å². The molecule has 0 saturated heterocycles. The van der Waals surface area contributed by atoms with Crippen LogP contribution in [0.3, 0.4) is 0 Å². The molecule has 0 aliphatic rings. The van der Waals surface area contributed by atoms with Crippen molar-refractivity contribution in [3.8, 4) is 0 Å². The Labute approximate surface area is 108 Å². The van der Waals surface area contributed by atoms with Gasteiger partial charge in [-0.05, 0) is 24.3 Å². The summed E-state index contributed by atoms with van der Waals surface area (Å²) < 4.78 is 13.5. The number of carbonyl (C=O) groups excluding carboxylic acids is 1. The lowest BCUT2D eigenvalue weighted by Gasteiger charge is -2.01. The number of benzene rings is 2. The number of fused-ring (bicyclic) bond motifs is 1. The van der Waals surface area contributed by atoms with Gasteiger partial charge in [0.15, 0.2) is 5.78 Å². The first-order valence-electron chi connectivity index (χ1n) is 5.81. The van der Waals surface area contributed by atoms with Gasteiger partial charge in [-0.15, -0.1) is 0 Å². The van der Waals surface area contributed by atoms with Gasteiger partial charge in [-0.2, -0.15) is 15.0 Å². The Morgan fingerprint density at radius 1 is 1.00 bits per heavy atom. The van der Waals surface area contributed by atoms with Crippen LogP contribution in [0.25, 0.3) is 11.0 Å². The number of rotatable bonds is 3. The van der Waals surface area contributed by atoms with Gasteiger partial charge in [0.25, 0.3) is 0 Å². The van der Waals surface area contributed by atoms with E-state index in [4.69, 9.17) is 0 Å². The first kappa shape index (κ1) is 11.5. The van der Waals surface area contributed by atoms with Crippen LogP contribution < -0.4 is 0 Å². The lowest BCUT2D eigenvalue weighted by atomic mass is 10.1. The average Bonchev–Trinajstić information content (AvgIpc) is 2.81. The summed E-state index contributed by atoms with van der Waals surface area (Å²) in [7, 11) is 0. The lowest BCUT2D eigenvalue weighted by molar-refractivity contribution is 0.0958. The summed E-state index contributed by atoms with van der Waals surface area (Å²) in [5, 5.41) is 8.34. The summed E-state index contributed by atoms with van der Waals surface area (Å²) in [4.78, 5) is 13.3. The van der Waals surface area contributed by atoms with E-state index >= 15 is 0 Å². The first-order chi connectivity index (χ1) is 9.24. The fourth-order valence-electron chi connectivity index (χ4n) is 1.88.